The van der Waals surface area contributed by atoms with E-state index in [2.05, 4.69) is 56.9 Å². The maximum atomic E-state index is 6.38. The molecule has 0 bridgehead atoms. The molecule has 3 rings (SSSR count). The summed E-state index contributed by atoms with van der Waals surface area (Å²) in [6.07, 6.45) is 0. The summed E-state index contributed by atoms with van der Waals surface area (Å²) in [5, 5.41) is 1.43. The largest absolute Gasteiger partial charge is 0.228 e. The SMILES string of the molecule is Cc1cc(C)cc(-c2nc(Cl)c3cc(C)cc(C)c3n2)c1. The van der Waals surface area contributed by atoms with Crippen molar-refractivity contribution in [3.8, 4) is 11.4 Å². The molecule has 0 aliphatic heterocycles. The van der Waals surface area contributed by atoms with Gasteiger partial charge in [-0.3, -0.25) is 0 Å². The van der Waals surface area contributed by atoms with E-state index in [-0.39, 0.29) is 0 Å². The zero-order chi connectivity index (χ0) is 15.1. The summed E-state index contributed by atoms with van der Waals surface area (Å²) in [6.45, 7) is 8.27. The standard InChI is InChI=1S/C18H17ClN2/c1-10-5-11(2)8-14(7-10)18-20-16-13(4)6-12(3)9-15(16)17(19)21-18/h5-9H,1-4H3. The predicted molar refractivity (Wildman–Crippen MR) is 88.9 cm³/mol. The number of aryl methyl sites for hydroxylation is 4. The molecule has 0 unspecified atom stereocenters. The fraction of sp³-hybridized carbons (Fsp3) is 0.222. The van der Waals surface area contributed by atoms with Gasteiger partial charge >= 0.3 is 0 Å². The second kappa shape index (κ2) is 5.12. The van der Waals surface area contributed by atoms with Crippen LogP contribution >= 0.6 is 11.6 Å². The van der Waals surface area contributed by atoms with Crippen molar-refractivity contribution in [2.45, 2.75) is 27.7 Å². The molecule has 106 valence electrons. The first-order chi connectivity index (χ1) is 9.94. The van der Waals surface area contributed by atoms with Crippen LogP contribution in [0.1, 0.15) is 22.3 Å². The van der Waals surface area contributed by atoms with E-state index in [4.69, 9.17) is 16.6 Å². The average molecular weight is 297 g/mol. The molecule has 0 saturated carbocycles. The van der Waals surface area contributed by atoms with Crippen molar-refractivity contribution >= 4 is 22.5 Å². The van der Waals surface area contributed by atoms with Crippen molar-refractivity contribution in [3.05, 3.63) is 57.7 Å². The molecule has 0 amide bonds. The third kappa shape index (κ3) is 2.64. The molecule has 1 aromatic heterocycles. The maximum absolute atomic E-state index is 6.38. The molecule has 3 aromatic rings. The van der Waals surface area contributed by atoms with E-state index in [0.717, 1.165) is 22.0 Å². The Bertz CT molecular complexity index is 833. The number of rotatable bonds is 1. The summed E-state index contributed by atoms with van der Waals surface area (Å²) in [4.78, 5) is 9.22. The summed E-state index contributed by atoms with van der Waals surface area (Å²) >= 11 is 6.38. The van der Waals surface area contributed by atoms with Crippen molar-refractivity contribution in [3.63, 3.8) is 0 Å². The molecule has 0 spiro atoms. The van der Waals surface area contributed by atoms with Crippen LogP contribution in [-0.2, 0) is 0 Å². The van der Waals surface area contributed by atoms with Gasteiger partial charge in [0.2, 0.25) is 0 Å². The van der Waals surface area contributed by atoms with E-state index < -0.39 is 0 Å². The van der Waals surface area contributed by atoms with Gasteiger partial charge < -0.3 is 0 Å². The Morgan fingerprint density at radius 1 is 0.762 bits per heavy atom. The summed E-state index contributed by atoms with van der Waals surface area (Å²) in [6, 6.07) is 10.5. The van der Waals surface area contributed by atoms with E-state index in [1.807, 2.05) is 6.07 Å². The number of hydrogen-bond donors (Lipinski definition) is 0. The Balaban J connectivity index is 2.30. The third-order valence-electron chi connectivity index (χ3n) is 3.57. The molecule has 0 fully saturated rings. The number of benzene rings is 2. The lowest BCUT2D eigenvalue weighted by molar-refractivity contribution is 1.20. The Morgan fingerprint density at radius 2 is 1.38 bits per heavy atom. The van der Waals surface area contributed by atoms with Crippen molar-refractivity contribution in [2.24, 2.45) is 0 Å². The average Bonchev–Trinajstić information content (AvgIpc) is 2.38. The minimum atomic E-state index is 0.515. The number of halogens is 1. The lowest BCUT2D eigenvalue weighted by atomic mass is 10.1. The van der Waals surface area contributed by atoms with Crippen LogP contribution in [0.25, 0.3) is 22.3 Å². The highest BCUT2D eigenvalue weighted by atomic mass is 35.5. The summed E-state index contributed by atoms with van der Waals surface area (Å²) < 4.78 is 0. The minimum Gasteiger partial charge on any atom is -0.228 e. The van der Waals surface area contributed by atoms with Gasteiger partial charge in [0.15, 0.2) is 5.82 Å². The number of hydrogen-bond acceptors (Lipinski definition) is 2. The predicted octanol–water partition coefficient (Wildman–Crippen LogP) is 5.18. The number of nitrogens with zero attached hydrogens (tertiary/aromatic N) is 2. The van der Waals surface area contributed by atoms with Crippen molar-refractivity contribution < 1.29 is 0 Å². The molecule has 0 aliphatic carbocycles. The zero-order valence-corrected chi connectivity index (χ0v) is 13.4. The van der Waals surface area contributed by atoms with Gasteiger partial charge in [-0.25, -0.2) is 9.97 Å². The monoisotopic (exact) mass is 296 g/mol. The molecule has 0 atom stereocenters. The van der Waals surface area contributed by atoms with Crippen molar-refractivity contribution in [1.29, 1.82) is 0 Å². The molecule has 0 N–H and O–H groups in total. The normalized spacial score (nSPS) is 11.1. The van der Waals surface area contributed by atoms with Crippen molar-refractivity contribution in [1.82, 2.24) is 9.97 Å². The fourth-order valence-corrected chi connectivity index (χ4v) is 3.01. The Labute approximate surface area is 129 Å². The van der Waals surface area contributed by atoms with Crippen LogP contribution in [0.15, 0.2) is 30.3 Å². The van der Waals surface area contributed by atoms with Crippen LogP contribution in [0.2, 0.25) is 5.15 Å². The van der Waals surface area contributed by atoms with Crippen LogP contribution in [0.5, 0.6) is 0 Å². The van der Waals surface area contributed by atoms with Crippen LogP contribution in [0, 0.1) is 27.7 Å². The topological polar surface area (TPSA) is 25.8 Å². The van der Waals surface area contributed by atoms with Crippen LogP contribution in [0.3, 0.4) is 0 Å². The lowest BCUT2D eigenvalue weighted by Crippen LogP contribution is -1.95. The Hall–Kier alpha value is -1.93. The van der Waals surface area contributed by atoms with Gasteiger partial charge in [0.25, 0.3) is 0 Å². The van der Waals surface area contributed by atoms with Gasteiger partial charge in [0.1, 0.15) is 5.15 Å². The highest BCUT2D eigenvalue weighted by Crippen LogP contribution is 2.28. The molecule has 1 heterocycles. The molecule has 2 nitrogen and oxygen atoms in total. The third-order valence-corrected chi connectivity index (χ3v) is 3.86. The first-order valence-electron chi connectivity index (χ1n) is 6.97. The molecular formula is C18H17ClN2. The van der Waals surface area contributed by atoms with E-state index in [1.165, 1.54) is 16.7 Å². The van der Waals surface area contributed by atoms with Gasteiger partial charge in [-0.15, -0.1) is 0 Å². The van der Waals surface area contributed by atoms with Gasteiger partial charge in [-0.05, 0) is 51.5 Å². The van der Waals surface area contributed by atoms with E-state index in [0.29, 0.717) is 11.0 Å². The quantitative estimate of drug-likeness (QED) is 0.578. The Kier molecular flexibility index (Phi) is 3.42. The second-order valence-electron chi connectivity index (χ2n) is 5.69. The molecule has 0 saturated heterocycles. The summed E-state index contributed by atoms with van der Waals surface area (Å²) in [5.74, 6) is 0.686. The molecule has 3 heteroatoms. The Morgan fingerprint density at radius 3 is 2.05 bits per heavy atom. The van der Waals surface area contributed by atoms with Gasteiger partial charge in [-0.2, -0.15) is 0 Å². The second-order valence-corrected chi connectivity index (χ2v) is 6.05. The molecule has 2 aromatic carbocycles. The zero-order valence-electron chi connectivity index (χ0n) is 12.7. The van der Waals surface area contributed by atoms with E-state index in [1.54, 1.807) is 0 Å². The van der Waals surface area contributed by atoms with Gasteiger partial charge in [0, 0.05) is 10.9 Å². The molecule has 0 aliphatic rings. The van der Waals surface area contributed by atoms with E-state index >= 15 is 0 Å². The molecular weight excluding hydrogens is 280 g/mol. The van der Waals surface area contributed by atoms with Gasteiger partial charge in [-0.1, -0.05) is 40.4 Å². The van der Waals surface area contributed by atoms with Crippen molar-refractivity contribution in [2.75, 3.05) is 0 Å². The number of aromatic nitrogens is 2. The van der Waals surface area contributed by atoms with Gasteiger partial charge in [0.05, 0.1) is 5.52 Å². The highest BCUT2D eigenvalue weighted by Gasteiger charge is 2.11. The highest BCUT2D eigenvalue weighted by molar-refractivity contribution is 6.34. The number of fused-ring (bicyclic) bond motifs is 1. The maximum Gasteiger partial charge on any atom is 0.161 e. The first-order valence-corrected chi connectivity index (χ1v) is 7.35. The summed E-state index contributed by atoms with van der Waals surface area (Å²) in [5.41, 5.74) is 6.63. The van der Waals surface area contributed by atoms with E-state index in [9.17, 15) is 0 Å². The van der Waals surface area contributed by atoms with Crippen LogP contribution in [-0.4, -0.2) is 9.97 Å². The van der Waals surface area contributed by atoms with Crippen LogP contribution in [0.4, 0.5) is 0 Å². The lowest BCUT2D eigenvalue weighted by Gasteiger charge is -2.09. The molecule has 0 radical (unpaired) electrons. The fourth-order valence-electron chi connectivity index (χ4n) is 2.78. The minimum absolute atomic E-state index is 0.515. The molecule has 21 heavy (non-hydrogen) atoms. The summed E-state index contributed by atoms with van der Waals surface area (Å²) in [7, 11) is 0. The van der Waals surface area contributed by atoms with Crippen LogP contribution < -0.4 is 0 Å². The smallest absolute Gasteiger partial charge is 0.161 e. The first kappa shape index (κ1) is 14.0.